The molecule has 5 nitrogen and oxygen atoms in total. The van der Waals surface area contributed by atoms with Crippen LogP contribution in [-0.4, -0.2) is 34.1 Å². The first-order valence-electron chi connectivity index (χ1n) is 6.56. The number of nitrogens with zero attached hydrogens (tertiary/aromatic N) is 1. The highest BCUT2D eigenvalue weighted by Gasteiger charge is 2.38. The molecule has 6 heteroatoms. The van der Waals surface area contributed by atoms with Crippen LogP contribution in [0.1, 0.15) is 34.3 Å². The topological polar surface area (TPSA) is 69.6 Å². The predicted octanol–water partition coefficient (Wildman–Crippen LogP) is 1.13. The lowest BCUT2D eigenvalue weighted by Crippen LogP contribution is -2.55. The van der Waals surface area contributed by atoms with Gasteiger partial charge < -0.3 is 15.3 Å². The summed E-state index contributed by atoms with van der Waals surface area (Å²) in [6, 6.07) is 5.42. The van der Waals surface area contributed by atoms with Crippen LogP contribution in [0.2, 0.25) is 0 Å². The highest BCUT2D eigenvalue weighted by Crippen LogP contribution is 2.29. The standard InChI is InChI=1S/C14H15BrN2O3/c15-6-8-1-2-10-9(5-8)7-17(14(10)20)11-3-4-12(18)16-13(11)19/h1-2,5,11,13,19H,3-4,6-7H2,(H,16,18). The maximum absolute atomic E-state index is 12.4. The number of nitrogens with one attached hydrogen (secondary N) is 1. The average Bonchev–Trinajstić information content (AvgIpc) is 2.75. The largest absolute Gasteiger partial charge is 0.372 e. The highest BCUT2D eigenvalue weighted by atomic mass is 79.9. The van der Waals surface area contributed by atoms with E-state index in [1.54, 1.807) is 4.90 Å². The fraction of sp³-hybridized carbons (Fsp3) is 0.429. The molecule has 2 aliphatic heterocycles. The van der Waals surface area contributed by atoms with Crippen LogP contribution in [0, 0.1) is 0 Å². The van der Waals surface area contributed by atoms with E-state index in [0.717, 1.165) is 16.5 Å². The number of hydrogen-bond donors (Lipinski definition) is 2. The van der Waals surface area contributed by atoms with E-state index in [1.165, 1.54) is 0 Å². The Morgan fingerprint density at radius 3 is 2.90 bits per heavy atom. The van der Waals surface area contributed by atoms with Gasteiger partial charge in [-0.25, -0.2) is 0 Å². The van der Waals surface area contributed by atoms with E-state index in [2.05, 4.69) is 21.2 Å². The SMILES string of the molecule is O=C1CCC(N2Cc3cc(CBr)ccc3C2=O)C(O)N1. The molecular formula is C14H15BrN2O3. The number of aliphatic hydroxyl groups is 1. The fourth-order valence-electron chi connectivity index (χ4n) is 2.84. The zero-order chi connectivity index (χ0) is 14.3. The number of rotatable bonds is 2. The van der Waals surface area contributed by atoms with Gasteiger partial charge in [-0.1, -0.05) is 28.1 Å². The Balaban J connectivity index is 1.84. The number of amides is 2. The van der Waals surface area contributed by atoms with Gasteiger partial charge in [-0.15, -0.1) is 0 Å². The number of benzene rings is 1. The summed E-state index contributed by atoms with van der Waals surface area (Å²) in [5, 5.41) is 13.2. The lowest BCUT2D eigenvalue weighted by Gasteiger charge is -2.35. The van der Waals surface area contributed by atoms with Crippen LogP contribution in [0.15, 0.2) is 18.2 Å². The van der Waals surface area contributed by atoms with Crippen LogP contribution < -0.4 is 5.32 Å². The molecule has 2 unspecified atom stereocenters. The van der Waals surface area contributed by atoms with Gasteiger partial charge in [-0.05, 0) is 23.6 Å². The molecule has 1 aromatic carbocycles. The van der Waals surface area contributed by atoms with E-state index in [-0.39, 0.29) is 17.9 Å². The van der Waals surface area contributed by atoms with E-state index in [0.29, 0.717) is 24.9 Å². The molecule has 2 aliphatic rings. The second-order valence-electron chi connectivity index (χ2n) is 5.18. The first-order valence-corrected chi connectivity index (χ1v) is 7.68. The van der Waals surface area contributed by atoms with E-state index in [9.17, 15) is 14.7 Å². The lowest BCUT2D eigenvalue weighted by molar-refractivity contribution is -0.129. The van der Waals surface area contributed by atoms with Crippen LogP contribution in [0.3, 0.4) is 0 Å². The van der Waals surface area contributed by atoms with Gasteiger partial charge in [-0.2, -0.15) is 0 Å². The van der Waals surface area contributed by atoms with Crippen molar-refractivity contribution in [1.29, 1.82) is 0 Å². The molecule has 1 fully saturated rings. The molecule has 0 spiro atoms. The van der Waals surface area contributed by atoms with Gasteiger partial charge >= 0.3 is 0 Å². The minimum atomic E-state index is -0.981. The molecule has 20 heavy (non-hydrogen) atoms. The minimum absolute atomic E-state index is 0.0682. The molecule has 2 heterocycles. The van der Waals surface area contributed by atoms with E-state index in [1.807, 2.05) is 18.2 Å². The smallest absolute Gasteiger partial charge is 0.254 e. The number of hydrogen-bond acceptors (Lipinski definition) is 3. The maximum atomic E-state index is 12.4. The molecule has 0 aliphatic carbocycles. The summed E-state index contributed by atoms with van der Waals surface area (Å²) in [6.07, 6.45) is -0.142. The van der Waals surface area contributed by atoms with E-state index >= 15 is 0 Å². The molecule has 0 radical (unpaired) electrons. The van der Waals surface area contributed by atoms with Gasteiger partial charge in [0.1, 0.15) is 6.23 Å². The first-order chi connectivity index (χ1) is 9.60. The monoisotopic (exact) mass is 338 g/mol. The summed E-state index contributed by atoms with van der Waals surface area (Å²) in [5.74, 6) is -0.235. The van der Waals surface area contributed by atoms with Crippen molar-refractivity contribution in [3.63, 3.8) is 0 Å². The molecule has 106 valence electrons. The van der Waals surface area contributed by atoms with Gasteiger partial charge in [0.25, 0.3) is 5.91 Å². The molecule has 2 amide bonds. The number of alkyl halides is 1. The van der Waals surface area contributed by atoms with Crippen LogP contribution in [-0.2, 0) is 16.7 Å². The van der Waals surface area contributed by atoms with Crippen molar-refractivity contribution in [2.24, 2.45) is 0 Å². The molecule has 1 aromatic rings. The average molecular weight is 339 g/mol. The number of carbonyl (C=O) groups is 2. The molecule has 2 atom stereocenters. The Kier molecular flexibility index (Phi) is 3.52. The quantitative estimate of drug-likeness (QED) is 0.794. The third-order valence-electron chi connectivity index (χ3n) is 3.90. The van der Waals surface area contributed by atoms with Gasteiger partial charge in [0, 0.05) is 23.9 Å². The molecule has 1 saturated heterocycles. The summed E-state index contributed by atoms with van der Waals surface area (Å²) in [7, 11) is 0. The molecule has 0 bridgehead atoms. The van der Waals surface area contributed by atoms with Gasteiger partial charge in [0.15, 0.2) is 0 Å². The van der Waals surface area contributed by atoms with Gasteiger partial charge in [0.05, 0.1) is 6.04 Å². The molecule has 3 rings (SSSR count). The molecule has 0 saturated carbocycles. The van der Waals surface area contributed by atoms with Crippen molar-refractivity contribution < 1.29 is 14.7 Å². The van der Waals surface area contributed by atoms with Gasteiger partial charge in [-0.3, -0.25) is 9.59 Å². The van der Waals surface area contributed by atoms with Crippen LogP contribution >= 0.6 is 15.9 Å². The number of aliphatic hydroxyl groups excluding tert-OH is 1. The summed E-state index contributed by atoms with van der Waals surface area (Å²) in [6.45, 7) is 0.493. The predicted molar refractivity (Wildman–Crippen MR) is 76.1 cm³/mol. The zero-order valence-corrected chi connectivity index (χ0v) is 12.4. The molecule has 0 aromatic heterocycles. The second kappa shape index (κ2) is 5.18. The van der Waals surface area contributed by atoms with Crippen molar-refractivity contribution in [2.45, 2.75) is 37.0 Å². The summed E-state index contributed by atoms with van der Waals surface area (Å²) in [4.78, 5) is 25.3. The summed E-state index contributed by atoms with van der Waals surface area (Å²) in [5.41, 5.74) is 2.80. The number of carbonyl (C=O) groups excluding carboxylic acids is 2. The summed E-state index contributed by atoms with van der Waals surface area (Å²) >= 11 is 3.40. The number of piperidine rings is 1. The van der Waals surface area contributed by atoms with Crippen molar-refractivity contribution >= 4 is 27.7 Å². The van der Waals surface area contributed by atoms with E-state index in [4.69, 9.17) is 0 Å². The van der Waals surface area contributed by atoms with Crippen LogP contribution in [0.25, 0.3) is 0 Å². The third kappa shape index (κ3) is 2.23. The summed E-state index contributed by atoms with van der Waals surface area (Å²) < 4.78 is 0. The van der Waals surface area contributed by atoms with Crippen molar-refractivity contribution in [2.75, 3.05) is 0 Å². The Labute approximate surface area is 125 Å². The highest BCUT2D eigenvalue weighted by molar-refractivity contribution is 9.08. The Bertz CT molecular complexity index is 576. The van der Waals surface area contributed by atoms with Crippen molar-refractivity contribution in [3.8, 4) is 0 Å². The third-order valence-corrected chi connectivity index (χ3v) is 4.54. The second-order valence-corrected chi connectivity index (χ2v) is 5.74. The number of halogens is 1. The Morgan fingerprint density at radius 2 is 2.20 bits per heavy atom. The first kappa shape index (κ1) is 13.6. The Hall–Kier alpha value is -1.40. The Morgan fingerprint density at radius 1 is 1.40 bits per heavy atom. The van der Waals surface area contributed by atoms with Crippen molar-refractivity contribution in [3.05, 3.63) is 34.9 Å². The lowest BCUT2D eigenvalue weighted by atomic mass is 10.0. The minimum Gasteiger partial charge on any atom is -0.372 e. The van der Waals surface area contributed by atoms with Crippen LogP contribution in [0.5, 0.6) is 0 Å². The number of fused-ring (bicyclic) bond motifs is 1. The zero-order valence-electron chi connectivity index (χ0n) is 10.8. The normalized spacial score (nSPS) is 25.6. The maximum Gasteiger partial charge on any atom is 0.254 e. The van der Waals surface area contributed by atoms with Gasteiger partial charge in [0.2, 0.25) is 5.91 Å². The molecule has 2 N–H and O–H groups in total. The van der Waals surface area contributed by atoms with Crippen LogP contribution in [0.4, 0.5) is 0 Å². The molecular weight excluding hydrogens is 324 g/mol. The fourth-order valence-corrected chi connectivity index (χ4v) is 3.19. The van der Waals surface area contributed by atoms with E-state index < -0.39 is 6.23 Å². The van der Waals surface area contributed by atoms with Crippen molar-refractivity contribution in [1.82, 2.24) is 10.2 Å².